The van der Waals surface area contributed by atoms with Gasteiger partial charge in [0.1, 0.15) is 0 Å². The molecule has 0 bridgehead atoms. The number of likely N-dealkylation sites (tertiary alicyclic amines) is 1. The second-order valence-corrected chi connectivity index (χ2v) is 4.59. The van der Waals surface area contributed by atoms with E-state index < -0.39 is 0 Å². The molecule has 1 atom stereocenters. The fourth-order valence-corrected chi connectivity index (χ4v) is 2.20. The van der Waals surface area contributed by atoms with E-state index in [1.54, 1.807) is 24.3 Å². The number of hydrogen-bond donors (Lipinski definition) is 1. The highest BCUT2D eigenvalue weighted by Gasteiger charge is 2.25. The molecule has 1 saturated heterocycles. The molecule has 1 aliphatic heterocycles. The Morgan fingerprint density at radius 2 is 2.29 bits per heavy atom. The molecule has 1 heterocycles. The summed E-state index contributed by atoms with van der Waals surface area (Å²) in [6.07, 6.45) is 1.00. The summed E-state index contributed by atoms with van der Waals surface area (Å²) < 4.78 is 0. The van der Waals surface area contributed by atoms with Crippen LogP contribution in [0.15, 0.2) is 24.3 Å². The number of hydrogen-bond acceptors (Lipinski definition) is 2. The summed E-state index contributed by atoms with van der Waals surface area (Å²) in [5, 5.41) is 0.598. The Kier molecular flexibility index (Phi) is 5.25. The summed E-state index contributed by atoms with van der Waals surface area (Å²) in [7, 11) is 0. The number of nitrogens with zero attached hydrogens (tertiary/aromatic N) is 1. The van der Waals surface area contributed by atoms with Crippen LogP contribution in [0.4, 0.5) is 0 Å². The first-order valence-electron chi connectivity index (χ1n) is 5.45. The van der Waals surface area contributed by atoms with E-state index in [2.05, 4.69) is 0 Å². The molecule has 0 saturated carbocycles. The second kappa shape index (κ2) is 6.24. The Bertz CT molecular complexity index is 398. The molecule has 1 aliphatic rings. The van der Waals surface area contributed by atoms with Crippen molar-refractivity contribution in [2.45, 2.75) is 6.42 Å². The third-order valence-corrected chi connectivity index (χ3v) is 3.21. The van der Waals surface area contributed by atoms with Gasteiger partial charge in [0.25, 0.3) is 5.91 Å². The minimum atomic E-state index is 0. The van der Waals surface area contributed by atoms with Crippen LogP contribution in [0.25, 0.3) is 0 Å². The standard InChI is InChI=1S/C12H15ClN2O.ClH/c13-11-3-1-2-10(6-11)12(16)15-5-4-9(7-14)8-15;/h1-3,6,9H,4-5,7-8,14H2;1H. The smallest absolute Gasteiger partial charge is 0.253 e. The van der Waals surface area contributed by atoms with Crippen LogP contribution >= 0.6 is 24.0 Å². The van der Waals surface area contributed by atoms with Gasteiger partial charge >= 0.3 is 0 Å². The summed E-state index contributed by atoms with van der Waals surface area (Å²) in [6, 6.07) is 7.07. The van der Waals surface area contributed by atoms with Crippen LogP contribution in [0.1, 0.15) is 16.8 Å². The minimum Gasteiger partial charge on any atom is -0.338 e. The highest BCUT2D eigenvalue weighted by molar-refractivity contribution is 6.30. The van der Waals surface area contributed by atoms with E-state index in [4.69, 9.17) is 17.3 Å². The lowest BCUT2D eigenvalue weighted by Gasteiger charge is -2.16. The van der Waals surface area contributed by atoms with Gasteiger partial charge in [-0.05, 0) is 37.1 Å². The Labute approximate surface area is 112 Å². The van der Waals surface area contributed by atoms with Crippen LogP contribution in [0.2, 0.25) is 5.02 Å². The van der Waals surface area contributed by atoms with E-state index in [9.17, 15) is 4.79 Å². The molecule has 0 spiro atoms. The average Bonchev–Trinajstić information content (AvgIpc) is 2.76. The molecular weight excluding hydrogens is 259 g/mol. The largest absolute Gasteiger partial charge is 0.338 e. The van der Waals surface area contributed by atoms with Crippen LogP contribution in [0.5, 0.6) is 0 Å². The van der Waals surface area contributed by atoms with E-state index in [0.717, 1.165) is 19.5 Å². The monoisotopic (exact) mass is 274 g/mol. The molecule has 5 heteroatoms. The van der Waals surface area contributed by atoms with Crippen LogP contribution in [0.3, 0.4) is 0 Å². The number of halogens is 2. The van der Waals surface area contributed by atoms with Gasteiger partial charge in [-0.25, -0.2) is 0 Å². The quantitative estimate of drug-likeness (QED) is 0.899. The molecule has 3 nitrogen and oxygen atoms in total. The van der Waals surface area contributed by atoms with Gasteiger partial charge in [0.05, 0.1) is 0 Å². The van der Waals surface area contributed by atoms with Gasteiger partial charge < -0.3 is 10.6 Å². The lowest BCUT2D eigenvalue weighted by Crippen LogP contribution is -2.29. The zero-order valence-corrected chi connectivity index (χ0v) is 11.0. The van der Waals surface area contributed by atoms with E-state index in [1.807, 2.05) is 4.90 Å². The first-order valence-corrected chi connectivity index (χ1v) is 5.83. The van der Waals surface area contributed by atoms with Crippen LogP contribution in [0, 0.1) is 5.92 Å². The zero-order chi connectivity index (χ0) is 11.5. The van der Waals surface area contributed by atoms with E-state index in [-0.39, 0.29) is 18.3 Å². The maximum Gasteiger partial charge on any atom is 0.253 e. The summed E-state index contributed by atoms with van der Waals surface area (Å²) in [5.41, 5.74) is 6.26. The minimum absolute atomic E-state index is 0. The van der Waals surface area contributed by atoms with E-state index in [1.165, 1.54) is 0 Å². The first kappa shape index (κ1) is 14.3. The van der Waals surface area contributed by atoms with E-state index in [0.29, 0.717) is 23.0 Å². The molecule has 94 valence electrons. The fraction of sp³-hybridized carbons (Fsp3) is 0.417. The maximum atomic E-state index is 12.1. The van der Waals surface area contributed by atoms with Gasteiger partial charge in [0, 0.05) is 23.7 Å². The molecule has 1 aromatic carbocycles. The molecule has 0 radical (unpaired) electrons. The summed E-state index contributed by atoms with van der Waals surface area (Å²) >= 11 is 5.86. The maximum absolute atomic E-state index is 12.1. The van der Waals surface area contributed by atoms with Gasteiger partial charge in [0.15, 0.2) is 0 Å². The molecule has 0 aliphatic carbocycles. The Balaban J connectivity index is 0.00000144. The van der Waals surface area contributed by atoms with Crippen molar-refractivity contribution in [2.75, 3.05) is 19.6 Å². The number of nitrogens with two attached hydrogens (primary N) is 1. The number of rotatable bonds is 2. The third kappa shape index (κ3) is 3.35. The number of benzene rings is 1. The molecular formula is C12H16Cl2N2O. The highest BCUT2D eigenvalue weighted by atomic mass is 35.5. The van der Waals surface area contributed by atoms with Crippen LogP contribution in [-0.2, 0) is 0 Å². The molecule has 2 N–H and O–H groups in total. The van der Waals surface area contributed by atoms with Crippen molar-refractivity contribution in [1.82, 2.24) is 4.90 Å². The molecule has 1 aromatic rings. The lowest BCUT2D eigenvalue weighted by atomic mass is 10.1. The van der Waals surface area contributed by atoms with E-state index >= 15 is 0 Å². The molecule has 1 fully saturated rings. The van der Waals surface area contributed by atoms with Crippen LogP contribution in [-0.4, -0.2) is 30.4 Å². The Morgan fingerprint density at radius 3 is 2.88 bits per heavy atom. The van der Waals surface area contributed by atoms with Crippen molar-refractivity contribution in [2.24, 2.45) is 11.7 Å². The first-order chi connectivity index (χ1) is 7.70. The topological polar surface area (TPSA) is 46.3 Å². The van der Waals surface area contributed by atoms with Gasteiger partial charge in [-0.1, -0.05) is 17.7 Å². The van der Waals surface area contributed by atoms with Crippen molar-refractivity contribution in [3.8, 4) is 0 Å². The lowest BCUT2D eigenvalue weighted by molar-refractivity contribution is 0.0787. The normalized spacial score (nSPS) is 18.9. The zero-order valence-electron chi connectivity index (χ0n) is 9.43. The summed E-state index contributed by atoms with van der Waals surface area (Å²) in [5.74, 6) is 0.501. The molecule has 1 unspecified atom stereocenters. The second-order valence-electron chi connectivity index (χ2n) is 4.15. The van der Waals surface area contributed by atoms with Crippen molar-refractivity contribution in [3.05, 3.63) is 34.9 Å². The molecule has 17 heavy (non-hydrogen) atoms. The predicted octanol–water partition coefficient (Wildman–Crippen LogP) is 2.18. The average molecular weight is 275 g/mol. The van der Waals surface area contributed by atoms with Gasteiger partial charge in [-0.3, -0.25) is 4.79 Å². The predicted molar refractivity (Wildman–Crippen MR) is 71.8 cm³/mol. The number of carbonyl (C=O) groups is 1. The summed E-state index contributed by atoms with van der Waals surface area (Å²) in [4.78, 5) is 13.9. The molecule has 2 rings (SSSR count). The van der Waals surface area contributed by atoms with Crippen LogP contribution < -0.4 is 5.73 Å². The summed E-state index contributed by atoms with van der Waals surface area (Å²) in [6.45, 7) is 2.22. The number of amides is 1. The molecule has 0 aromatic heterocycles. The van der Waals surface area contributed by atoms with Gasteiger partial charge in [0.2, 0.25) is 0 Å². The SMILES string of the molecule is Cl.NCC1CCN(C(=O)c2cccc(Cl)c2)C1. The van der Waals surface area contributed by atoms with Crippen molar-refractivity contribution < 1.29 is 4.79 Å². The van der Waals surface area contributed by atoms with Crippen molar-refractivity contribution in [3.63, 3.8) is 0 Å². The fourth-order valence-electron chi connectivity index (χ4n) is 2.01. The van der Waals surface area contributed by atoms with Crippen molar-refractivity contribution >= 4 is 29.9 Å². The number of carbonyl (C=O) groups excluding carboxylic acids is 1. The highest BCUT2D eigenvalue weighted by Crippen LogP contribution is 2.19. The third-order valence-electron chi connectivity index (χ3n) is 2.98. The van der Waals surface area contributed by atoms with Gasteiger partial charge in [-0.2, -0.15) is 0 Å². The Morgan fingerprint density at radius 1 is 1.53 bits per heavy atom. The van der Waals surface area contributed by atoms with Gasteiger partial charge in [-0.15, -0.1) is 12.4 Å². The molecule has 1 amide bonds. The Hall–Kier alpha value is -0.770. The van der Waals surface area contributed by atoms with Crippen molar-refractivity contribution in [1.29, 1.82) is 0 Å².